The summed E-state index contributed by atoms with van der Waals surface area (Å²) in [6.07, 6.45) is 4.45. The van der Waals surface area contributed by atoms with E-state index in [0.717, 1.165) is 22.5 Å². The van der Waals surface area contributed by atoms with Crippen molar-refractivity contribution in [1.82, 2.24) is 20.2 Å². The number of hydrogen-bond donors (Lipinski definition) is 1. The SMILES string of the molecule is CC(C)[C@H]1c2ncc(C(=O)NCc3ccc(S(C)(=O)=O)cc3)cc2CN1Cc1ccc(Cl)cn1. The number of fused-ring (bicyclic) bond motifs is 1. The number of nitrogens with one attached hydrogen (secondary N) is 1. The number of amides is 1. The molecule has 1 aliphatic heterocycles. The van der Waals surface area contributed by atoms with Gasteiger partial charge in [-0.15, -0.1) is 0 Å². The van der Waals surface area contributed by atoms with Gasteiger partial charge >= 0.3 is 0 Å². The number of pyridine rings is 2. The lowest BCUT2D eigenvalue weighted by Gasteiger charge is -2.27. The van der Waals surface area contributed by atoms with E-state index in [0.29, 0.717) is 36.1 Å². The number of sulfone groups is 1. The quantitative estimate of drug-likeness (QED) is 0.525. The molecule has 0 spiro atoms. The highest BCUT2D eigenvalue weighted by Crippen LogP contribution is 2.38. The number of rotatable bonds is 7. The molecule has 1 aliphatic rings. The van der Waals surface area contributed by atoms with E-state index in [1.165, 1.54) is 6.26 Å². The van der Waals surface area contributed by atoms with Crippen molar-refractivity contribution in [1.29, 1.82) is 0 Å². The van der Waals surface area contributed by atoms with E-state index in [1.807, 2.05) is 18.2 Å². The highest BCUT2D eigenvalue weighted by Gasteiger charge is 2.34. The Morgan fingerprint density at radius 1 is 1.15 bits per heavy atom. The summed E-state index contributed by atoms with van der Waals surface area (Å²) in [7, 11) is -3.25. The Balaban J connectivity index is 1.46. The van der Waals surface area contributed by atoms with E-state index in [2.05, 4.69) is 34.0 Å². The monoisotopic (exact) mass is 498 g/mol. The lowest BCUT2D eigenvalue weighted by atomic mass is 9.99. The van der Waals surface area contributed by atoms with Crippen LogP contribution in [0.2, 0.25) is 5.02 Å². The Morgan fingerprint density at radius 3 is 2.50 bits per heavy atom. The van der Waals surface area contributed by atoms with Crippen LogP contribution in [0.1, 0.15) is 52.8 Å². The van der Waals surface area contributed by atoms with Gasteiger partial charge in [0.25, 0.3) is 5.91 Å². The minimum atomic E-state index is -3.25. The molecule has 1 amide bonds. The fourth-order valence-electron chi connectivity index (χ4n) is 4.27. The van der Waals surface area contributed by atoms with E-state index in [1.54, 1.807) is 36.7 Å². The molecule has 1 atom stereocenters. The zero-order chi connectivity index (χ0) is 24.5. The Kier molecular flexibility index (Phi) is 7.02. The van der Waals surface area contributed by atoms with Gasteiger partial charge in [-0.05, 0) is 47.4 Å². The molecular formula is C25H27ClN4O3S. The molecule has 0 unspecified atom stereocenters. The molecule has 34 heavy (non-hydrogen) atoms. The van der Waals surface area contributed by atoms with Crippen molar-refractivity contribution >= 4 is 27.3 Å². The van der Waals surface area contributed by atoms with Crippen LogP contribution in [0.5, 0.6) is 0 Å². The molecule has 0 saturated heterocycles. The van der Waals surface area contributed by atoms with Gasteiger partial charge in [-0.3, -0.25) is 19.7 Å². The number of halogens is 1. The average molecular weight is 499 g/mol. The van der Waals surface area contributed by atoms with Crippen molar-refractivity contribution in [2.24, 2.45) is 5.92 Å². The second-order valence-electron chi connectivity index (χ2n) is 8.93. The van der Waals surface area contributed by atoms with Crippen LogP contribution in [0.15, 0.2) is 59.8 Å². The van der Waals surface area contributed by atoms with Gasteiger partial charge in [0.15, 0.2) is 9.84 Å². The van der Waals surface area contributed by atoms with Crippen LogP contribution in [0.3, 0.4) is 0 Å². The van der Waals surface area contributed by atoms with Crippen LogP contribution in [0.25, 0.3) is 0 Å². The zero-order valence-electron chi connectivity index (χ0n) is 19.3. The minimum absolute atomic E-state index is 0.137. The zero-order valence-corrected chi connectivity index (χ0v) is 20.9. The first-order chi connectivity index (χ1) is 16.1. The summed E-state index contributed by atoms with van der Waals surface area (Å²) in [6, 6.07) is 12.3. The Bertz CT molecular complexity index is 1290. The van der Waals surface area contributed by atoms with Gasteiger partial charge in [0.2, 0.25) is 0 Å². The number of benzene rings is 1. The second-order valence-corrected chi connectivity index (χ2v) is 11.4. The first-order valence-electron chi connectivity index (χ1n) is 11.0. The Morgan fingerprint density at radius 2 is 1.88 bits per heavy atom. The summed E-state index contributed by atoms with van der Waals surface area (Å²) in [6.45, 7) is 5.98. The van der Waals surface area contributed by atoms with Crippen LogP contribution >= 0.6 is 11.6 Å². The highest BCUT2D eigenvalue weighted by molar-refractivity contribution is 7.90. The Hall–Kier alpha value is -2.81. The summed E-state index contributed by atoms with van der Waals surface area (Å²) in [5, 5.41) is 3.50. The molecule has 0 saturated carbocycles. The highest BCUT2D eigenvalue weighted by atomic mass is 35.5. The number of hydrogen-bond acceptors (Lipinski definition) is 6. The summed E-state index contributed by atoms with van der Waals surface area (Å²) < 4.78 is 23.2. The molecule has 178 valence electrons. The third kappa shape index (κ3) is 5.46. The Labute approximate surface area is 205 Å². The molecule has 1 N–H and O–H groups in total. The smallest absolute Gasteiger partial charge is 0.253 e. The second kappa shape index (κ2) is 9.82. The lowest BCUT2D eigenvalue weighted by molar-refractivity contribution is 0.0950. The predicted octanol–water partition coefficient (Wildman–Crippen LogP) is 4.18. The summed E-state index contributed by atoms with van der Waals surface area (Å²) in [4.78, 5) is 24.5. The fraction of sp³-hybridized carbons (Fsp3) is 0.320. The molecule has 0 bridgehead atoms. The molecule has 9 heteroatoms. The fourth-order valence-corrected chi connectivity index (χ4v) is 5.01. The lowest BCUT2D eigenvalue weighted by Crippen LogP contribution is -2.26. The number of carbonyl (C=O) groups excluding carboxylic acids is 1. The molecule has 4 rings (SSSR count). The van der Waals surface area contributed by atoms with Gasteiger partial charge in [0, 0.05) is 38.3 Å². The first-order valence-corrected chi connectivity index (χ1v) is 13.3. The standard InChI is InChI=1S/C25H27ClN4O3S/c1-16(2)24-23-19(14-30(24)15-21-7-6-20(26)13-27-21)10-18(12-28-23)25(31)29-11-17-4-8-22(9-5-17)34(3,32)33/h4-10,12-13,16,24H,11,14-15H2,1-3H3,(H,29,31)/t24-/m0/s1. The molecule has 0 fully saturated rings. The average Bonchev–Trinajstić information content (AvgIpc) is 3.16. The van der Waals surface area contributed by atoms with E-state index in [9.17, 15) is 13.2 Å². The van der Waals surface area contributed by atoms with E-state index < -0.39 is 9.84 Å². The molecule has 0 radical (unpaired) electrons. The normalized spacial score (nSPS) is 16.0. The van der Waals surface area contributed by atoms with Gasteiger partial charge in [0.05, 0.1) is 32.9 Å². The minimum Gasteiger partial charge on any atom is -0.348 e. The van der Waals surface area contributed by atoms with Crippen LogP contribution in [0.4, 0.5) is 0 Å². The van der Waals surface area contributed by atoms with Gasteiger partial charge < -0.3 is 5.32 Å². The van der Waals surface area contributed by atoms with Crippen LogP contribution in [-0.4, -0.2) is 35.4 Å². The van der Waals surface area contributed by atoms with E-state index >= 15 is 0 Å². The maximum Gasteiger partial charge on any atom is 0.253 e. The summed E-state index contributed by atoms with van der Waals surface area (Å²) in [5.74, 6) is 0.122. The van der Waals surface area contributed by atoms with Crippen LogP contribution in [-0.2, 0) is 29.5 Å². The van der Waals surface area contributed by atoms with Crippen molar-refractivity contribution in [2.45, 2.75) is 44.4 Å². The van der Waals surface area contributed by atoms with Crippen molar-refractivity contribution < 1.29 is 13.2 Å². The third-order valence-electron chi connectivity index (χ3n) is 5.90. The number of nitrogens with zero attached hydrogens (tertiary/aromatic N) is 3. The third-order valence-corrected chi connectivity index (χ3v) is 7.25. The molecule has 3 heterocycles. The summed E-state index contributed by atoms with van der Waals surface area (Å²) >= 11 is 5.97. The van der Waals surface area contributed by atoms with E-state index in [4.69, 9.17) is 11.6 Å². The molecule has 2 aromatic heterocycles. The van der Waals surface area contributed by atoms with Crippen molar-refractivity contribution in [2.75, 3.05) is 6.26 Å². The van der Waals surface area contributed by atoms with Gasteiger partial charge in [-0.1, -0.05) is 37.6 Å². The maximum absolute atomic E-state index is 12.8. The molecule has 7 nitrogen and oxygen atoms in total. The molecule has 0 aliphatic carbocycles. The maximum atomic E-state index is 12.8. The van der Waals surface area contributed by atoms with Gasteiger partial charge in [-0.2, -0.15) is 0 Å². The number of aromatic nitrogens is 2. The summed E-state index contributed by atoms with van der Waals surface area (Å²) in [5.41, 5.74) is 4.29. The predicted molar refractivity (Wildman–Crippen MR) is 131 cm³/mol. The van der Waals surface area contributed by atoms with Gasteiger partial charge in [-0.25, -0.2) is 8.42 Å². The van der Waals surface area contributed by atoms with Crippen LogP contribution in [0, 0.1) is 5.92 Å². The van der Waals surface area contributed by atoms with E-state index in [-0.39, 0.29) is 16.8 Å². The topological polar surface area (TPSA) is 92.3 Å². The number of carbonyl (C=O) groups is 1. The molecule has 3 aromatic rings. The largest absolute Gasteiger partial charge is 0.348 e. The van der Waals surface area contributed by atoms with Crippen molar-refractivity contribution in [3.63, 3.8) is 0 Å². The van der Waals surface area contributed by atoms with Crippen molar-refractivity contribution in [3.05, 3.63) is 88.0 Å². The van der Waals surface area contributed by atoms with Crippen LogP contribution < -0.4 is 5.32 Å². The van der Waals surface area contributed by atoms with Crippen molar-refractivity contribution in [3.8, 4) is 0 Å². The molecular weight excluding hydrogens is 472 g/mol. The first kappa shape index (κ1) is 24.3. The molecule has 1 aromatic carbocycles. The van der Waals surface area contributed by atoms with Gasteiger partial charge in [0.1, 0.15) is 0 Å².